The fraction of sp³-hybridized carbons (Fsp3) is 0.0476. The van der Waals surface area contributed by atoms with Crippen molar-refractivity contribution in [2.24, 2.45) is 0 Å². The summed E-state index contributed by atoms with van der Waals surface area (Å²) in [6.07, 6.45) is 1.43. The highest BCUT2D eigenvalue weighted by Gasteiger charge is 2.24. The highest BCUT2D eigenvalue weighted by Crippen LogP contribution is 2.42. The molecule has 0 atom stereocenters. The Morgan fingerprint density at radius 2 is 1.93 bits per heavy atom. The van der Waals surface area contributed by atoms with Crippen molar-refractivity contribution in [3.63, 3.8) is 0 Å². The Morgan fingerprint density at radius 3 is 2.57 bits per heavy atom. The lowest BCUT2D eigenvalue weighted by atomic mass is 9.96. The molecule has 4 aromatic rings. The van der Waals surface area contributed by atoms with E-state index in [4.69, 9.17) is 23.1 Å². The summed E-state index contributed by atoms with van der Waals surface area (Å²) in [5.74, 6) is -0.00406. The smallest absolute Gasteiger partial charge is 0.269 e. The minimum Gasteiger partial charge on any atom is -0.397 e. The number of rotatable bonds is 3. The number of nitrogens with one attached hydrogen (secondary N) is 1. The largest absolute Gasteiger partial charge is 0.397 e. The number of nitrogen functional groups attached to an aromatic ring is 2. The first-order valence-corrected chi connectivity index (χ1v) is 10.00. The molecular formula is C21H15ClN6OS. The second-order valence-corrected chi connectivity index (χ2v) is 8.00. The van der Waals surface area contributed by atoms with Crippen LogP contribution in [0.4, 0.5) is 17.3 Å². The van der Waals surface area contributed by atoms with Crippen LogP contribution in [0.5, 0.6) is 0 Å². The quantitative estimate of drug-likeness (QED) is 0.431. The molecule has 9 heteroatoms. The van der Waals surface area contributed by atoms with Gasteiger partial charge in [0.15, 0.2) is 0 Å². The van der Waals surface area contributed by atoms with Crippen molar-refractivity contribution in [2.45, 2.75) is 6.92 Å². The lowest BCUT2D eigenvalue weighted by Crippen LogP contribution is -2.12. The van der Waals surface area contributed by atoms with Gasteiger partial charge in [-0.25, -0.2) is 9.97 Å². The van der Waals surface area contributed by atoms with E-state index in [0.717, 1.165) is 22.5 Å². The average molecular weight is 435 g/mol. The molecule has 0 aliphatic carbocycles. The maximum Gasteiger partial charge on any atom is 0.269 e. The van der Waals surface area contributed by atoms with Gasteiger partial charge in [-0.2, -0.15) is 5.26 Å². The summed E-state index contributed by atoms with van der Waals surface area (Å²) >= 11 is 6.94. The van der Waals surface area contributed by atoms with Gasteiger partial charge in [-0.05, 0) is 24.6 Å². The van der Waals surface area contributed by atoms with Gasteiger partial charge in [0.25, 0.3) is 5.91 Å². The molecule has 0 aliphatic rings. The normalized spacial score (nSPS) is 10.7. The first-order chi connectivity index (χ1) is 14.4. The molecule has 148 valence electrons. The molecule has 4 rings (SSSR count). The predicted molar refractivity (Wildman–Crippen MR) is 121 cm³/mol. The second kappa shape index (κ2) is 7.63. The van der Waals surface area contributed by atoms with Crippen molar-refractivity contribution in [1.29, 1.82) is 5.26 Å². The molecule has 3 aromatic heterocycles. The number of hydrogen-bond acceptors (Lipinski definition) is 7. The molecule has 1 amide bonds. The van der Waals surface area contributed by atoms with Crippen LogP contribution in [0.1, 0.15) is 20.8 Å². The zero-order valence-corrected chi connectivity index (χ0v) is 17.3. The Kier molecular flexibility index (Phi) is 4.99. The Morgan fingerprint density at radius 1 is 1.20 bits per heavy atom. The minimum absolute atomic E-state index is 0.0909. The third kappa shape index (κ3) is 3.41. The van der Waals surface area contributed by atoms with Gasteiger partial charge >= 0.3 is 0 Å². The fourth-order valence-corrected chi connectivity index (χ4v) is 4.20. The molecule has 0 saturated carbocycles. The predicted octanol–water partition coefficient (Wildman–Crippen LogP) is 4.61. The monoisotopic (exact) mass is 434 g/mol. The van der Waals surface area contributed by atoms with Gasteiger partial charge in [-0.3, -0.25) is 4.79 Å². The number of carbonyl (C=O) groups is 1. The van der Waals surface area contributed by atoms with Crippen LogP contribution in [0.2, 0.25) is 5.02 Å². The summed E-state index contributed by atoms with van der Waals surface area (Å²) in [6, 6.07) is 13.0. The van der Waals surface area contributed by atoms with Crippen molar-refractivity contribution >= 4 is 56.4 Å². The van der Waals surface area contributed by atoms with E-state index < -0.39 is 5.91 Å². The molecule has 0 fully saturated rings. The first kappa shape index (κ1) is 19.6. The number of aryl methyl sites for hydroxylation is 1. The third-order valence-electron chi connectivity index (χ3n) is 4.53. The minimum atomic E-state index is -0.433. The molecule has 7 nitrogen and oxygen atoms in total. The average Bonchev–Trinajstić information content (AvgIpc) is 3.05. The number of nitrogens with two attached hydrogens (primary N) is 2. The van der Waals surface area contributed by atoms with E-state index in [2.05, 4.69) is 21.4 Å². The van der Waals surface area contributed by atoms with Crippen LogP contribution >= 0.6 is 22.9 Å². The van der Waals surface area contributed by atoms with Crippen LogP contribution in [0.3, 0.4) is 0 Å². The number of halogens is 1. The van der Waals surface area contributed by atoms with Crippen LogP contribution < -0.4 is 16.8 Å². The number of benzene rings is 1. The molecule has 3 heterocycles. The topological polar surface area (TPSA) is 131 Å². The van der Waals surface area contributed by atoms with Crippen molar-refractivity contribution < 1.29 is 4.79 Å². The van der Waals surface area contributed by atoms with E-state index in [1.54, 1.807) is 12.1 Å². The van der Waals surface area contributed by atoms with E-state index >= 15 is 0 Å². The van der Waals surface area contributed by atoms with Crippen molar-refractivity contribution in [2.75, 3.05) is 16.8 Å². The molecule has 30 heavy (non-hydrogen) atoms. The van der Waals surface area contributed by atoms with Gasteiger partial charge in [-0.15, -0.1) is 11.3 Å². The highest BCUT2D eigenvalue weighted by molar-refractivity contribution is 7.21. The standard InChI is InChI=1S/C21H15ClN6OS/c1-10-2-4-11(5-3-10)15-13(8-23)19(25)28-21-16(15)17(24)18(30-21)20(29)27-14-7-6-12(22)9-26-14/h2-7,9H,24H2,1H3,(H2,25,28)(H,26,27,29). The number of anilines is 3. The number of fused-ring (bicyclic) bond motifs is 1. The summed E-state index contributed by atoms with van der Waals surface area (Å²) in [5, 5.41) is 13.4. The van der Waals surface area contributed by atoms with E-state index in [1.165, 1.54) is 6.20 Å². The van der Waals surface area contributed by atoms with Gasteiger partial charge in [0.1, 0.15) is 33.0 Å². The second-order valence-electron chi connectivity index (χ2n) is 6.57. The zero-order chi connectivity index (χ0) is 21.4. The number of nitriles is 1. The van der Waals surface area contributed by atoms with Gasteiger partial charge in [0, 0.05) is 17.1 Å². The van der Waals surface area contributed by atoms with Crippen LogP contribution in [0, 0.1) is 18.3 Å². The van der Waals surface area contributed by atoms with E-state index in [-0.39, 0.29) is 21.9 Å². The van der Waals surface area contributed by atoms with Gasteiger partial charge in [0.05, 0.1) is 10.7 Å². The van der Waals surface area contributed by atoms with Crippen LogP contribution in [-0.2, 0) is 0 Å². The highest BCUT2D eigenvalue weighted by atomic mass is 35.5. The Balaban J connectivity index is 1.88. The maximum atomic E-state index is 12.8. The molecule has 1 aromatic carbocycles. The zero-order valence-electron chi connectivity index (χ0n) is 15.7. The maximum absolute atomic E-state index is 12.8. The number of hydrogen-bond donors (Lipinski definition) is 3. The lowest BCUT2D eigenvalue weighted by Gasteiger charge is -2.10. The van der Waals surface area contributed by atoms with Gasteiger partial charge < -0.3 is 16.8 Å². The molecule has 0 aliphatic heterocycles. The summed E-state index contributed by atoms with van der Waals surface area (Å²) in [7, 11) is 0. The van der Waals surface area contributed by atoms with Crippen LogP contribution in [0.25, 0.3) is 21.3 Å². The number of aromatic nitrogens is 2. The Bertz CT molecular complexity index is 1320. The SMILES string of the molecule is Cc1ccc(-c2c(C#N)c(N)nc3sc(C(=O)Nc4ccc(Cl)cn4)c(N)c23)cc1. The van der Waals surface area contributed by atoms with E-state index in [1.807, 2.05) is 31.2 Å². The van der Waals surface area contributed by atoms with E-state index in [9.17, 15) is 10.1 Å². The summed E-state index contributed by atoms with van der Waals surface area (Å²) in [6.45, 7) is 1.97. The number of pyridine rings is 2. The van der Waals surface area contributed by atoms with Crippen molar-refractivity contribution in [1.82, 2.24) is 9.97 Å². The Hall–Kier alpha value is -3.67. The van der Waals surface area contributed by atoms with Gasteiger partial charge in [0.2, 0.25) is 0 Å². The number of nitrogens with zero attached hydrogens (tertiary/aromatic N) is 3. The van der Waals surface area contributed by atoms with Gasteiger partial charge in [-0.1, -0.05) is 41.4 Å². The summed E-state index contributed by atoms with van der Waals surface area (Å²) in [4.78, 5) is 22.0. The molecule has 0 saturated heterocycles. The van der Waals surface area contributed by atoms with Crippen molar-refractivity contribution in [3.8, 4) is 17.2 Å². The third-order valence-corrected chi connectivity index (χ3v) is 5.85. The molecule has 0 spiro atoms. The van der Waals surface area contributed by atoms with Crippen LogP contribution in [0.15, 0.2) is 42.6 Å². The number of thiophene rings is 1. The molecule has 0 bridgehead atoms. The van der Waals surface area contributed by atoms with E-state index in [0.29, 0.717) is 26.6 Å². The number of carbonyl (C=O) groups excluding carboxylic acids is 1. The number of amides is 1. The molecule has 5 N–H and O–H groups in total. The van der Waals surface area contributed by atoms with Crippen LogP contribution in [-0.4, -0.2) is 15.9 Å². The van der Waals surface area contributed by atoms with Crippen molar-refractivity contribution in [3.05, 3.63) is 63.6 Å². The molecule has 0 radical (unpaired) electrons. The molecular weight excluding hydrogens is 420 g/mol. The first-order valence-electron chi connectivity index (χ1n) is 8.80. The molecule has 0 unspecified atom stereocenters. The Labute approximate surface area is 180 Å². The summed E-state index contributed by atoms with van der Waals surface area (Å²) in [5.41, 5.74) is 15.3. The summed E-state index contributed by atoms with van der Waals surface area (Å²) < 4.78 is 0. The lowest BCUT2D eigenvalue weighted by molar-refractivity contribution is 0.103. The fourth-order valence-electron chi connectivity index (χ4n) is 3.08.